The molecule has 2 bridgehead atoms. The van der Waals surface area contributed by atoms with Gasteiger partial charge in [0, 0.05) is 0 Å². The van der Waals surface area contributed by atoms with Crippen molar-refractivity contribution in [2.75, 3.05) is 0 Å². The van der Waals surface area contributed by atoms with Gasteiger partial charge in [-0.25, -0.2) is 0 Å². The van der Waals surface area contributed by atoms with Crippen LogP contribution in [0.15, 0.2) is 24.3 Å². The Balaban J connectivity index is 2.58. The van der Waals surface area contributed by atoms with Crippen molar-refractivity contribution < 1.29 is 0 Å². The summed E-state index contributed by atoms with van der Waals surface area (Å²) in [4.78, 5) is 0. The molecule has 0 unspecified atom stereocenters. The Bertz CT molecular complexity index is 270. The number of hydrogen-bond donors (Lipinski definition) is 0. The Kier molecular flexibility index (Phi) is 1.26. The standard InChI is InChI=1S/C12H18/c1-8-9(2)12(5)7-6-10(8)11(12,3)4/h10H,1-2,6-7H2,3-5H3/t10-,12+/m1/s1. The molecule has 66 valence electrons. The van der Waals surface area contributed by atoms with E-state index in [0.29, 0.717) is 16.7 Å². The first-order valence-corrected chi connectivity index (χ1v) is 4.80. The summed E-state index contributed by atoms with van der Waals surface area (Å²) in [5.41, 5.74) is 3.40. The summed E-state index contributed by atoms with van der Waals surface area (Å²) < 4.78 is 0. The lowest BCUT2D eigenvalue weighted by molar-refractivity contribution is 0.183. The fraction of sp³-hybridized carbons (Fsp3) is 0.667. The molecular formula is C12H18. The molecular weight excluding hydrogens is 144 g/mol. The lowest BCUT2D eigenvalue weighted by atomic mass is 9.69. The van der Waals surface area contributed by atoms with Gasteiger partial charge in [0.15, 0.2) is 0 Å². The second-order valence-electron chi connectivity index (χ2n) is 5.15. The monoisotopic (exact) mass is 162 g/mol. The van der Waals surface area contributed by atoms with Crippen molar-refractivity contribution in [2.45, 2.75) is 33.6 Å². The van der Waals surface area contributed by atoms with Gasteiger partial charge in [0.1, 0.15) is 0 Å². The lowest BCUT2D eigenvalue weighted by Gasteiger charge is -2.34. The topological polar surface area (TPSA) is 0 Å². The van der Waals surface area contributed by atoms with E-state index in [1.54, 1.807) is 0 Å². The molecule has 0 aromatic heterocycles. The van der Waals surface area contributed by atoms with E-state index in [9.17, 15) is 0 Å². The number of fused-ring (bicyclic) bond motifs is 2. The van der Waals surface area contributed by atoms with E-state index in [0.717, 1.165) is 0 Å². The minimum atomic E-state index is 0.342. The van der Waals surface area contributed by atoms with E-state index >= 15 is 0 Å². The Morgan fingerprint density at radius 3 is 2.08 bits per heavy atom. The summed E-state index contributed by atoms with van der Waals surface area (Å²) in [6, 6.07) is 0. The average molecular weight is 162 g/mol. The summed E-state index contributed by atoms with van der Waals surface area (Å²) in [5, 5.41) is 0. The van der Waals surface area contributed by atoms with Crippen molar-refractivity contribution >= 4 is 0 Å². The van der Waals surface area contributed by atoms with Gasteiger partial charge in [-0.15, -0.1) is 0 Å². The summed E-state index contributed by atoms with van der Waals surface area (Å²) in [6.07, 6.45) is 2.63. The van der Waals surface area contributed by atoms with Crippen LogP contribution in [0.5, 0.6) is 0 Å². The fourth-order valence-corrected chi connectivity index (χ4v) is 3.21. The predicted octanol–water partition coefficient (Wildman–Crippen LogP) is 3.55. The molecule has 0 amide bonds. The molecule has 12 heavy (non-hydrogen) atoms. The van der Waals surface area contributed by atoms with Crippen LogP contribution in [0.2, 0.25) is 0 Å². The molecule has 0 spiro atoms. The highest BCUT2D eigenvalue weighted by Crippen LogP contribution is 2.69. The second-order valence-corrected chi connectivity index (χ2v) is 5.15. The quantitative estimate of drug-likeness (QED) is 0.511. The van der Waals surface area contributed by atoms with Gasteiger partial charge in [-0.1, -0.05) is 33.9 Å². The molecule has 2 saturated carbocycles. The number of rotatable bonds is 0. The molecule has 2 aliphatic rings. The first-order valence-electron chi connectivity index (χ1n) is 4.80. The normalized spacial score (nSPS) is 44.1. The Hall–Kier alpha value is -0.520. The molecule has 2 fully saturated rings. The van der Waals surface area contributed by atoms with Gasteiger partial charge in [0.25, 0.3) is 0 Å². The highest BCUT2D eigenvalue weighted by atomic mass is 14.6. The third-order valence-corrected chi connectivity index (χ3v) is 4.70. The molecule has 2 rings (SSSR count). The number of hydrogen-bond acceptors (Lipinski definition) is 0. The predicted molar refractivity (Wildman–Crippen MR) is 52.9 cm³/mol. The average Bonchev–Trinajstić information content (AvgIpc) is 2.26. The van der Waals surface area contributed by atoms with Gasteiger partial charge in [0.2, 0.25) is 0 Å². The molecule has 0 aromatic rings. The summed E-state index contributed by atoms with van der Waals surface area (Å²) >= 11 is 0. The highest BCUT2D eigenvalue weighted by Gasteiger charge is 2.59. The first-order chi connectivity index (χ1) is 5.41. The molecule has 0 heteroatoms. The third-order valence-electron chi connectivity index (χ3n) is 4.70. The van der Waals surface area contributed by atoms with E-state index in [1.165, 1.54) is 24.0 Å². The largest absolute Gasteiger partial charge is 0.0953 e. The van der Waals surface area contributed by atoms with Crippen LogP contribution in [-0.4, -0.2) is 0 Å². The van der Waals surface area contributed by atoms with E-state index in [-0.39, 0.29) is 0 Å². The van der Waals surface area contributed by atoms with Crippen LogP contribution in [0.25, 0.3) is 0 Å². The van der Waals surface area contributed by atoms with E-state index in [4.69, 9.17) is 0 Å². The molecule has 0 nitrogen and oxygen atoms in total. The van der Waals surface area contributed by atoms with Gasteiger partial charge in [-0.3, -0.25) is 0 Å². The molecule has 0 aliphatic heterocycles. The molecule has 0 saturated heterocycles. The second kappa shape index (κ2) is 1.86. The zero-order chi connectivity index (χ0) is 9.15. The summed E-state index contributed by atoms with van der Waals surface area (Å²) in [7, 11) is 0. The van der Waals surface area contributed by atoms with Crippen LogP contribution < -0.4 is 0 Å². The lowest BCUT2D eigenvalue weighted by Crippen LogP contribution is -2.27. The highest BCUT2D eigenvalue weighted by molar-refractivity contribution is 5.46. The van der Waals surface area contributed by atoms with Crippen molar-refractivity contribution in [3.05, 3.63) is 24.3 Å². The number of allylic oxidation sites excluding steroid dienone is 2. The van der Waals surface area contributed by atoms with Gasteiger partial charge < -0.3 is 0 Å². The molecule has 2 aliphatic carbocycles. The van der Waals surface area contributed by atoms with Crippen molar-refractivity contribution in [1.82, 2.24) is 0 Å². The Labute approximate surface area is 75.4 Å². The zero-order valence-electron chi connectivity index (χ0n) is 8.41. The molecule has 0 aromatic carbocycles. The molecule has 2 atom stereocenters. The van der Waals surface area contributed by atoms with E-state index in [1.807, 2.05) is 0 Å². The first kappa shape index (κ1) is 8.10. The third kappa shape index (κ3) is 0.573. The zero-order valence-corrected chi connectivity index (χ0v) is 8.41. The van der Waals surface area contributed by atoms with Crippen molar-refractivity contribution in [2.24, 2.45) is 16.7 Å². The summed E-state index contributed by atoms with van der Waals surface area (Å²) in [6.45, 7) is 15.4. The maximum absolute atomic E-state index is 4.19. The minimum Gasteiger partial charge on any atom is -0.0953 e. The minimum absolute atomic E-state index is 0.342. The fourth-order valence-electron chi connectivity index (χ4n) is 3.21. The SMILES string of the molecule is C=C1C(=C)[C@]2(C)CC[C@H]1C2(C)C. The van der Waals surface area contributed by atoms with Crippen LogP contribution >= 0.6 is 0 Å². The Morgan fingerprint density at radius 2 is 1.83 bits per heavy atom. The van der Waals surface area contributed by atoms with Crippen LogP contribution in [0, 0.1) is 16.7 Å². The molecule has 0 N–H and O–H groups in total. The van der Waals surface area contributed by atoms with Crippen LogP contribution in [0.3, 0.4) is 0 Å². The maximum Gasteiger partial charge on any atom is -0.00213 e. The molecule has 0 heterocycles. The molecule has 0 radical (unpaired) electrons. The maximum atomic E-state index is 4.19. The van der Waals surface area contributed by atoms with Crippen LogP contribution in [0.4, 0.5) is 0 Å². The van der Waals surface area contributed by atoms with E-state index in [2.05, 4.69) is 33.9 Å². The van der Waals surface area contributed by atoms with Crippen molar-refractivity contribution in [1.29, 1.82) is 0 Å². The van der Waals surface area contributed by atoms with E-state index < -0.39 is 0 Å². The van der Waals surface area contributed by atoms with Gasteiger partial charge in [0.05, 0.1) is 0 Å². The smallest absolute Gasteiger partial charge is 0.00213 e. The van der Waals surface area contributed by atoms with Gasteiger partial charge in [-0.05, 0) is 40.7 Å². The van der Waals surface area contributed by atoms with Gasteiger partial charge >= 0.3 is 0 Å². The summed E-state index contributed by atoms with van der Waals surface area (Å²) in [5.74, 6) is 0.704. The Morgan fingerprint density at radius 1 is 1.25 bits per heavy atom. The van der Waals surface area contributed by atoms with Crippen molar-refractivity contribution in [3.8, 4) is 0 Å². The van der Waals surface area contributed by atoms with Crippen LogP contribution in [-0.2, 0) is 0 Å². The van der Waals surface area contributed by atoms with Crippen molar-refractivity contribution in [3.63, 3.8) is 0 Å². The van der Waals surface area contributed by atoms with Gasteiger partial charge in [-0.2, -0.15) is 0 Å². The van der Waals surface area contributed by atoms with Crippen LogP contribution in [0.1, 0.15) is 33.6 Å².